The van der Waals surface area contributed by atoms with Crippen LogP contribution in [0.3, 0.4) is 0 Å². The second kappa shape index (κ2) is 8.40. The zero-order chi connectivity index (χ0) is 21.4. The molecule has 0 saturated heterocycles. The van der Waals surface area contributed by atoms with Crippen LogP contribution in [0.2, 0.25) is 0 Å². The molecule has 30 heavy (non-hydrogen) atoms. The van der Waals surface area contributed by atoms with Crippen molar-refractivity contribution < 1.29 is 26.7 Å². The lowest BCUT2D eigenvalue weighted by molar-refractivity contribution is 0.304. The van der Waals surface area contributed by atoms with Gasteiger partial charge in [-0.3, -0.25) is 0 Å². The summed E-state index contributed by atoms with van der Waals surface area (Å²) in [5.41, 5.74) is 1.50. The number of ether oxygens (including phenoxy) is 1. The van der Waals surface area contributed by atoms with E-state index in [1.165, 1.54) is 6.07 Å². The van der Waals surface area contributed by atoms with Gasteiger partial charge < -0.3 is 4.74 Å². The van der Waals surface area contributed by atoms with Crippen molar-refractivity contribution >= 4 is 0 Å². The van der Waals surface area contributed by atoms with Crippen molar-refractivity contribution in [1.82, 2.24) is 0 Å². The second-order valence-electron chi connectivity index (χ2n) is 8.04. The third-order valence-electron chi connectivity index (χ3n) is 6.34. The Kier molecular flexibility index (Phi) is 5.85. The third kappa shape index (κ3) is 3.61. The zero-order valence-corrected chi connectivity index (χ0v) is 16.7. The van der Waals surface area contributed by atoms with E-state index in [2.05, 4.69) is 0 Å². The quantitative estimate of drug-likeness (QED) is 0.366. The van der Waals surface area contributed by atoms with Gasteiger partial charge in [-0.05, 0) is 98.2 Å². The molecule has 0 unspecified atom stereocenters. The lowest BCUT2D eigenvalue weighted by atomic mass is 9.73. The van der Waals surface area contributed by atoms with E-state index in [0.717, 1.165) is 18.9 Å². The van der Waals surface area contributed by atoms with Crippen LogP contribution in [0.25, 0.3) is 22.3 Å². The predicted octanol–water partition coefficient (Wildman–Crippen LogP) is 7.98. The Morgan fingerprint density at radius 2 is 1.67 bits per heavy atom. The Hall–Kier alpha value is -2.37. The Morgan fingerprint density at radius 1 is 0.967 bits per heavy atom. The second-order valence-corrected chi connectivity index (χ2v) is 8.04. The van der Waals surface area contributed by atoms with Crippen LogP contribution in [0.5, 0.6) is 5.75 Å². The third-order valence-corrected chi connectivity index (χ3v) is 6.34. The summed E-state index contributed by atoms with van der Waals surface area (Å²) < 4.78 is 74.0. The lowest BCUT2D eigenvalue weighted by Gasteiger charge is -2.32. The van der Waals surface area contributed by atoms with Crippen LogP contribution in [-0.4, -0.2) is 6.61 Å². The average Bonchev–Trinajstić information content (AvgIpc) is 2.70. The monoisotopic (exact) mass is 422 g/mol. The van der Waals surface area contributed by atoms with Gasteiger partial charge in [0.05, 0.1) is 6.61 Å². The molecule has 0 bridgehead atoms. The molecule has 0 radical (unpaired) electrons. The highest BCUT2D eigenvalue weighted by Crippen LogP contribution is 2.54. The smallest absolute Gasteiger partial charge is 0.266 e. The molecule has 2 aliphatic rings. The fourth-order valence-corrected chi connectivity index (χ4v) is 4.82. The molecule has 1 fully saturated rings. The van der Waals surface area contributed by atoms with E-state index >= 15 is 0 Å². The summed E-state index contributed by atoms with van der Waals surface area (Å²) in [7, 11) is 0. The molecule has 1 saturated carbocycles. The minimum absolute atomic E-state index is 0.0148. The van der Waals surface area contributed by atoms with Gasteiger partial charge in [0.15, 0.2) is 23.2 Å². The van der Waals surface area contributed by atoms with Gasteiger partial charge in [-0.1, -0.05) is 0 Å². The Labute approximate surface area is 172 Å². The number of hydrogen-bond donors (Lipinski definition) is 0. The van der Waals surface area contributed by atoms with Crippen molar-refractivity contribution in [2.75, 3.05) is 6.61 Å². The number of benzene rings is 2. The maximum absolute atomic E-state index is 14.9. The Bertz CT molecular complexity index is 986. The van der Waals surface area contributed by atoms with Gasteiger partial charge in [0.25, 0.3) is 6.08 Å². The molecule has 0 atom stereocenters. The standard InChI is InChI=1S/C24H23F5O/c1-2-30-18-11-10-15-17-12-16(22(27)24(29)21(17)20(15)23(18)28)14-8-6-13(7-9-14)4-3-5-19(25)26/h5,10-14H,2-4,6-9H2,1H3. The van der Waals surface area contributed by atoms with Crippen molar-refractivity contribution in [3.63, 3.8) is 0 Å². The van der Waals surface area contributed by atoms with E-state index in [4.69, 9.17) is 4.74 Å². The van der Waals surface area contributed by atoms with Crippen molar-refractivity contribution in [2.24, 2.45) is 5.92 Å². The summed E-state index contributed by atoms with van der Waals surface area (Å²) in [5.74, 6) is -2.34. The highest BCUT2D eigenvalue weighted by Gasteiger charge is 2.36. The summed E-state index contributed by atoms with van der Waals surface area (Å²) in [6, 6.07) is 4.85. The SMILES string of the molecule is CCOc1ccc2c(c1F)-c1c-2cc(C2CCC(CCC=C(F)F)CC2)c(F)c1F. The van der Waals surface area contributed by atoms with Gasteiger partial charge >= 0.3 is 0 Å². The summed E-state index contributed by atoms with van der Waals surface area (Å²) in [4.78, 5) is 0. The topological polar surface area (TPSA) is 9.23 Å². The Morgan fingerprint density at radius 3 is 2.33 bits per heavy atom. The molecular formula is C24H23F5O. The molecule has 6 heteroatoms. The summed E-state index contributed by atoms with van der Waals surface area (Å²) in [6.07, 6.45) is 3.27. The van der Waals surface area contributed by atoms with Crippen molar-refractivity contribution in [3.05, 3.63) is 53.4 Å². The van der Waals surface area contributed by atoms with Crippen LogP contribution in [0, 0.1) is 23.4 Å². The van der Waals surface area contributed by atoms with Gasteiger partial charge in [0.2, 0.25) is 0 Å². The fraction of sp³-hybridized carbons (Fsp3) is 0.417. The summed E-state index contributed by atoms with van der Waals surface area (Å²) in [5, 5.41) is 0. The van der Waals surface area contributed by atoms with Gasteiger partial charge in [-0.15, -0.1) is 0 Å². The maximum atomic E-state index is 14.9. The molecule has 2 aromatic carbocycles. The van der Waals surface area contributed by atoms with Crippen molar-refractivity contribution in [3.8, 4) is 28.0 Å². The first-order valence-electron chi connectivity index (χ1n) is 10.4. The molecule has 2 aromatic rings. The molecule has 0 heterocycles. The fourth-order valence-electron chi connectivity index (χ4n) is 4.82. The normalized spacial score (nSPS) is 19.5. The molecule has 4 rings (SSSR count). The number of rotatable bonds is 6. The van der Waals surface area contributed by atoms with Crippen LogP contribution in [0.15, 0.2) is 30.4 Å². The molecule has 160 valence electrons. The first-order chi connectivity index (χ1) is 14.4. The molecule has 1 nitrogen and oxygen atoms in total. The van der Waals surface area contributed by atoms with E-state index in [9.17, 15) is 22.0 Å². The molecule has 2 aliphatic carbocycles. The van der Waals surface area contributed by atoms with Gasteiger partial charge in [0, 0.05) is 11.1 Å². The first kappa shape index (κ1) is 20.9. The van der Waals surface area contributed by atoms with Crippen molar-refractivity contribution in [2.45, 2.75) is 51.4 Å². The van der Waals surface area contributed by atoms with Gasteiger partial charge in [0.1, 0.15) is 0 Å². The Balaban J connectivity index is 1.54. The molecule has 0 spiro atoms. The highest BCUT2D eigenvalue weighted by molar-refractivity contribution is 6.03. The van der Waals surface area contributed by atoms with E-state index in [1.54, 1.807) is 19.1 Å². The lowest BCUT2D eigenvalue weighted by Crippen LogP contribution is -2.17. The van der Waals surface area contributed by atoms with Crippen LogP contribution < -0.4 is 4.74 Å². The molecule has 0 N–H and O–H groups in total. The number of halogens is 5. The van der Waals surface area contributed by atoms with E-state index < -0.39 is 23.5 Å². The van der Waals surface area contributed by atoms with Gasteiger partial charge in [-0.25, -0.2) is 13.2 Å². The number of hydrogen-bond acceptors (Lipinski definition) is 1. The highest BCUT2D eigenvalue weighted by atomic mass is 19.3. The first-order valence-corrected chi connectivity index (χ1v) is 10.4. The van der Waals surface area contributed by atoms with Crippen molar-refractivity contribution in [1.29, 1.82) is 0 Å². The number of fused-ring (bicyclic) bond motifs is 4. The molecule has 0 amide bonds. The van der Waals surface area contributed by atoms with E-state index in [-0.39, 0.29) is 29.4 Å². The van der Waals surface area contributed by atoms with Crippen LogP contribution in [-0.2, 0) is 0 Å². The predicted molar refractivity (Wildman–Crippen MR) is 106 cm³/mol. The molecule has 0 aliphatic heterocycles. The largest absolute Gasteiger partial charge is 0.491 e. The van der Waals surface area contributed by atoms with E-state index in [1.807, 2.05) is 0 Å². The van der Waals surface area contributed by atoms with Gasteiger partial charge in [-0.2, -0.15) is 8.78 Å². The minimum Gasteiger partial charge on any atom is -0.491 e. The van der Waals surface area contributed by atoms with Crippen LogP contribution in [0.1, 0.15) is 56.9 Å². The average molecular weight is 422 g/mol. The molecule has 0 aromatic heterocycles. The maximum Gasteiger partial charge on any atom is 0.266 e. The van der Waals surface area contributed by atoms with Crippen LogP contribution in [0.4, 0.5) is 22.0 Å². The van der Waals surface area contributed by atoms with Crippen LogP contribution >= 0.6 is 0 Å². The zero-order valence-electron chi connectivity index (χ0n) is 16.7. The minimum atomic E-state index is -1.66. The molecular weight excluding hydrogens is 399 g/mol. The van der Waals surface area contributed by atoms with E-state index in [0.29, 0.717) is 48.3 Å². The summed E-state index contributed by atoms with van der Waals surface area (Å²) in [6.45, 7) is 2.00. The summed E-state index contributed by atoms with van der Waals surface area (Å²) >= 11 is 0. The number of allylic oxidation sites excluding steroid dienone is 1.